The average Bonchev–Trinajstić information content (AvgIpc) is 2.60. The van der Waals surface area contributed by atoms with Crippen LogP contribution in [-0.4, -0.2) is 54.5 Å². The van der Waals surface area contributed by atoms with Gasteiger partial charge >= 0.3 is 0 Å². The zero-order valence-corrected chi connectivity index (χ0v) is 16.4. The van der Waals surface area contributed by atoms with Gasteiger partial charge in [0, 0.05) is 14.1 Å². The van der Waals surface area contributed by atoms with Gasteiger partial charge in [-0.15, -0.1) is 0 Å². The molecule has 0 saturated carbocycles. The van der Waals surface area contributed by atoms with Crippen molar-refractivity contribution in [3.05, 3.63) is 40.4 Å². The number of halogens is 1. The molecule has 0 radical (unpaired) electrons. The Labute approximate surface area is 159 Å². The first kappa shape index (κ1) is 19.1. The number of amides is 2. The van der Waals surface area contributed by atoms with Gasteiger partial charge in [-0.2, -0.15) is 0 Å². The van der Waals surface area contributed by atoms with Crippen LogP contribution in [0.3, 0.4) is 0 Å². The number of carbonyl (C=O) groups is 2. The van der Waals surface area contributed by atoms with Crippen molar-refractivity contribution in [2.45, 2.75) is 0 Å². The number of likely N-dealkylation sites (N-methyl/N-ethyl adjacent to an activating group) is 2. The van der Waals surface area contributed by atoms with Crippen molar-refractivity contribution in [3.63, 3.8) is 0 Å². The average molecular weight is 425 g/mol. The SMILES string of the molecule is C=CCOc1c(Br)cc(C=C2C(=O)N(C)C(=S)N(C)C2=O)cc1OC. The van der Waals surface area contributed by atoms with E-state index in [0.717, 1.165) is 0 Å². The first-order valence-corrected chi connectivity index (χ1v) is 8.45. The number of hydrogen-bond acceptors (Lipinski definition) is 5. The summed E-state index contributed by atoms with van der Waals surface area (Å²) in [6.07, 6.45) is 3.12. The molecule has 0 atom stereocenters. The van der Waals surface area contributed by atoms with Crippen LogP contribution in [-0.2, 0) is 9.59 Å². The van der Waals surface area contributed by atoms with E-state index in [1.165, 1.54) is 37.1 Å². The molecule has 0 aliphatic carbocycles. The summed E-state index contributed by atoms with van der Waals surface area (Å²) in [7, 11) is 4.57. The summed E-state index contributed by atoms with van der Waals surface area (Å²) in [6.45, 7) is 3.93. The summed E-state index contributed by atoms with van der Waals surface area (Å²) >= 11 is 8.49. The molecular weight excluding hydrogens is 408 g/mol. The smallest absolute Gasteiger partial charge is 0.265 e. The van der Waals surface area contributed by atoms with Gasteiger partial charge in [-0.05, 0) is 51.9 Å². The lowest BCUT2D eigenvalue weighted by molar-refractivity contribution is -0.132. The van der Waals surface area contributed by atoms with Crippen LogP contribution in [0.5, 0.6) is 11.5 Å². The monoisotopic (exact) mass is 424 g/mol. The van der Waals surface area contributed by atoms with Crippen molar-refractivity contribution in [3.8, 4) is 11.5 Å². The Morgan fingerprint density at radius 1 is 1.24 bits per heavy atom. The van der Waals surface area contributed by atoms with Crippen LogP contribution < -0.4 is 9.47 Å². The molecular formula is C17H17BrN2O4S. The highest BCUT2D eigenvalue weighted by Gasteiger charge is 2.35. The van der Waals surface area contributed by atoms with Gasteiger partial charge in [0.2, 0.25) is 0 Å². The fourth-order valence-electron chi connectivity index (χ4n) is 2.25. The maximum atomic E-state index is 12.4. The molecule has 0 N–H and O–H groups in total. The van der Waals surface area contributed by atoms with Crippen molar-refractivity contribution in [1.29, 1.82) is 0 Å². The van der Waals surface area contributed by atoms with Crippen molar-refractivity contribution in [2.75, 3.05) is 27.8 Å². The number of benzene rings is 1. The highest BCUT2D eigenvalue weighted by Crippen LogP contribution is 2.37. The Kier molecular flexibility index (Phi) is 5.97. The van der Waals surface area contributed by atoms with Crippen molar-refractivity contribution in [2.24, 2.45) is 0 Å². The normalized spacial score (nSPS) is 14.7. The third-order valence-electron chi connectivity index (χ3n) is 3.55. The number of thiocarbonyl (C=S) groups is 1. The number of nitrogens with zero attached hydrogens (tertiary/aromatic N) is 2. The predicted octanol–water partition coefficient (Wildman–Crippen LogP) is 2.62. The summed E-state index contributed by atoms with van der Waals surface area (Å²) in [5, 5.41) is 0.166. The molecule has 6 nitrogen and oxygen atoms in total. The second-order valence-corrected chi connectivity index (χ2v) is 6.42. The highest BCUT2D eigenvalue weighted by atomic mass is 79.9. The lowest BCUT2D eigenvalue weighted by Gasteiger charge is -2.31. The molecule has 2 amide bonds. The maximum Gasteiger partial charge on any atom is 0.265 e. The number of rotatable bonds is 5. The Hall–Kier alpha value is -2.19. The van der Waals surface area contributed by atoms with Crippen molar-refractivity contribution < 1.29 is 19.1 Å². The van der Waals surface area contributed by atoms with Gasteiger partial charge in [-0.3, -0.25) is 19.4 Å². The van der Waals surface area contributed by atoms with Crippen molar-refractivity contribution in [1.82, 2.24) is 9.80 Å². The van der Waals surface area contributed by atoms with Gasteiger partial charge in [0.1, 0.15) is 12.2 Å². The van der Waals surface area contributed by atoms with E-state index in [2.05, 4.69) is 22.5 Å². The first-order valence-electron chi connectivity index (χ1n) is 7.24. The minimum absolute atomic E-state index is 0.0207. The fourth-order valence-corrected chi connectivity index (χ4v) is 2.99. The lowest BCUT2D eigenvalue weighted by atomic mass is 10.1. The van der Waals surface area contributed by atoms with Gasteiger partial charge in [-0.25, -0.2) is 0 Å². The van der Waals surface area contributed by atoms with Crippen LogP contribution in [0.25, 0.3) is 6.08 Å². The van der Waals surface area contributed by atoms with Gasteiger partial charge in [0.15, 0.2) is 16.6 Å². The van der Waals surface area contributed by atoms with Crippen LogP contribution in [0.4, 0.5) is 0 Å². The topological polar surface area (TPSA) is 59.1 Å². The zero-order valence-electron chi connectivity index (χ0n) is 14.0. The van der Waals surface area contributed by atoms with Crippen LogP contribution in [0.1, 0.15) is 5.56 Å². The summed E-state index contributed by atoms with van der Waals surface area (Å²) in [6, 6.07) is 3.42. The second-order valence-electron chi connectivity index (χ2n) is 5.20. The molecule has 1 aliphatic heterocycles. The molecule has 0 bridgehead atoms. The third-order valence-corrected chi connectivity index (χ3v) is 4.69. The quantitative estimate of drug-likeness (QED) is 0.314. The molecule has 25 heavy (non-hydrogen) atoms. The van der Waals surface area contributed by atoms with Gasteiger partial charge in [-0.1, -0.05) is 12.7 Å². The van der Waals surface area contributed by atoms with Gasteiger partial charge in [0.25, 0.3) is 11.8 Å². The van der Waals surface area contributed by atoms with E-state index in [1.54, 1.807) is 18.2 Å². The molecule has 1 fully saturated rings. The Morgan fingerprint density at radius 3 is 2.36 bits per heavy atom. The van der Waals surface area contributed by atoms with Gasteiger partial charge in [0.05, 0.1) is 11.6 Å². The van der Waals surface area contributed by atoms with E-state index in [-0.39, 0.29) is 10.7 Å². The predicted molar refractivity (Wildman–Crippen MR) is 103 cm³/mol. The molecule has 1 aromatic carbocycles. The minimum atomic E-state index is -0.449. The highest BCUT2D eigenvalue weighted by molar-refractivity contribution is 9.10. The number of carbonyl (C=O) groups excluding carboxylic acids is 2. The van der Waals surface area contributed by atoms with Crippen LogP contribution in [0.15, 0.2) is 34.8 Å². The lowest BCUT2D eigenvalue weighted by Crippen LogP contribution is -2.52. The number of hydrogen-bond donors (Lipinski definition) is 0. The Morgan fingerprint density at radius 2 is 1.84 bits per heavy atom. The molecule has 1 aromatic rings. The van der Waals surface area contributed by atoms with Gasteiger partial charge < -0.3 is 9.47 Å². The Balaban J connectivity index is 2.48. The second kappa shape index (κ2) is 7.79. The number of ether oxygens (including phenoxy) is 2. The van der Waals surface area contributed by atoms with Crippen molar-refractivity contribution >= 4 is 51.2 Å². The van der Waals surface area contributed by atoms with Crippen LogP contribution in [0.2, 0.25) is 0 Å². The third kappa shape index (κ3) is 3.74. The standard InChI is InChI=1S/C17H17BrN2O4S/c1-5-6-24-14-12(18)8-10(9-13(14)23-4)7-11-15(21)19(2)17(25)20(3)16(11)22/h5,7-9H,1,6H2,2-4H3. The minimum Gasteiger partial charge on any atom is -0.493 e. The van der Waals surface area contributed by atoms with E-state index in [1.807, 2.05) is 0 Å². The molecule has 132 valence electrons. The Bertz CT molecular complexity index is 765. The molecule has 1 aliphatic rings. The molecule has 0 aromatic heterocycles. The van der Waals surface area contributed by atoms with E-state index < -0.39 is 11.8 Å². The molecule has 2 rings (SSSR count). The van der Waals surface area contributed by atoms with E-state index >= 15 is 0 Å². The summed E-state index contributed by atoms with van der Waals surface area (Å²) < 4.78 is 11.5. The molecule has 0 spiro atoms. The van der Waals surface area contributed by atoms with E-state index in [0.29, 0.717) is 28.1 Å². The molecule has 1 heterocycles. The first-order chi connectivity index (χ1) is 11.8. The summed E-state index contributed by atoms with van der Waals surface area (Å²) in [4.78, 5) is 27.3. The fraction of sp³-hybridized carbons (Fsp3) is 0.235. The van der Waals surface area contributed by atoms with E-state index in [4.69, 9.17) is 21.7 Å². The molecule has 8 heteroatoms. The number of methoxy groups -OCH3 is 1. The van der Waals surface area contributed by atoms with Crippen LogP contribution in [0, 0.1) is 0 Å². The molecule has 1 saturated heterocycles. The zero-order chi connectivity index (χ0) is 18.7. The summed E-state index contributed by atoms with van der Waals surface area (Å²) in [5.41, 5.74) is 0.633. The maximum absolute atomic E-state index is 12.4. The largest absolute Gasteiger partial charge is 0.493 e. The molecule has 0 unspecified atom stereocenters. The van der Waals surface area contributed by atoms with Crippen LogP contribution >= 0.6 is 28.1 Å². The summed E-state index contributed by atoms with van der Waals surface area (Å²) in [5.74, 6) is 0.0858. The van der Waals surface area contributed by atoms with E-state index in [9.17, 15) is 9.59 Å².